The third kappa shape index (κ3) is 3.21. The molecule has 23 heavy (non-hydrogen) atoms. The summed E-state index contributed by atoms with van der Waals surface area (Å²) in [5.74, 6) is -2.14. The average molecular weight is 341 g/mol. The molecule has 0 saturated heterocycles. The van der Waals surface area contributed by atoms with Gasteiger partial charge in [0, 0.05) is 12.3 Å². The highest BCUT2D eigenvalue weighted by molar-refractivity contribution is 7.92. The molecule has 1 aliphatic carbocycles. The monoisotopic (exact) mass is 341 g/mol. The van der Waals surface area contributed by atoms with Crippen molar-refractivity contribution >= 4 is 15.7 Å². The molecule has 0 aliphatic heterocycles. The van der Waals surface area contributed by atoms with Gasteiger partial charge in [-0.15, -0.1) is 0 Å². The minimum absolute atomic E-state index is 0.0306. The third-order valence-corrected chi connectivity index (χ3v) is 5.52. The molecule has 0 radical (unpaired) electrons. The molecule has 1 saturated carbocycles. The molecule has 0 atom stereocenters. The number of nitrogens with zero attached hydrogens (tertiary/aromatic N) is 2. The van der Waals surface area contributed by atoms with E-state index in [4.69, 9.17) is 0 Å². The molecule has 1 heterocycles. The molecular formula is C15H17F2N3O2S. The van der Waals surface area contributed by atoms with Crippen LogP contribution in [0.25, 0.3) is 0 Å². The van der Waals surface area contributed by atoms with E-state index < -0.39 is 21.7 Å². The fourth-order valence-electron chi connectivity index (χ4n) is 2.85. The quantitative estimate of drug-likeness (QED) is 0.927. The molecule has 1 aromatic heterocycles. The van der Waals surface area contributed by atoms with Crippen LogP contribution in [-0.2, 0) is 10.0 Å². The normalized spacial score (nSPS) is 16.0. The fourth-order valence-corrected chi connectivity index (χ4v) is 4.08. The Hall–Kier alpha value is -1.96. The molecule has 3 rings (SSSR count). The van der Waals surface area contributed by atoms with Gasteiger partial charge in [-0.25, -0.2) is 17.2 Å². The standard InChI is InChI=1S/C15H17F2N3O2S/c1-10-15(9-20(18-10)12-4-2-3-5-12)23(21,22)19-11-6-7-13(16)14(17)8-11/h6-9,12,19H,2-5H2,1H3. The second-order valence-electron chi connectivity index (χ2n) is 5.73. The Balaban J connectivity index is 1.88. The summed E-state index contributed by atoms with van der Waals surface area (Å²) in [5, 5.41) is 4.30. The predicted octanol–water partition coefficient (Wildman–Crippen LogP) is 3.39. The molecular weight excluding hydrogens is 324 g/mol. The molecule has 0 spiro atoms. The maximum Gasteiger partial charge on any atom is 0.265 e. The number of anilines is 1. The van der Waals surface area contributed by atoms with Gasteiger partial charge in [0.2, 0.25) is 0 Å². The summed E-state index contributed by atoms with van der Waals surface area (Å²) < 4.78 is 55.0. The largest absolute Gasteiger partial charge is 0.279 e. The van der Waals surface area contributed by atoms with E-state index in [-0.39, 0.29) is 16.6 Å². The van der Waals surface area contributed by atoms with Gasteiger partial charge in [0.25, 0.3) is 10.0 Å². The Morgan fingerprint density at radius 3 is 2.57 bits per heavy atom. The van der Waals surface area contributed by atoms with Crippen LogP contribution in [0.2, 0.25) is 0 Å². The van der Waals surface area contributed by atoms with E-state index in [1.54, 1.807) is 11.6 Å². The maximum absolute atomic E-state index is 13.2. The Morgan fingerprint density at radius 1 is 1.22 bits per heavy atom. The topological polar surface area (TPSA) is 64.0 Å². The van der Waals surface area contributed by atoms with E-state index in [1.807, 2.05) is 0 Å². The van der Waals surface area contributed by atoms with Gasteiger partial charge in [-0.3, -0.25) is 9.40 Å². The summed E-state index contributed by atoms with van der Waals surface area (Å²) in [6.07, 6.45) is 5.69. The van der Waals surface area contributed by atoms with Crippen molar-refractivity contribution in [1.82, 2.24) is 9.78 Å². The molecule has 0 bridgehead atoms. The van der Waals surface area contributed by atoms with E-state index >= 15 is 0 Å². The minimum Gasteiger partial charge on any atom is -0.279 e. The number of hydrogen-bond donors (Lipinski definition) is 1. The zero-order chi connectivity index (χ0) is 16.6. The van der Waals surface area contributed by atoms with Gasteiger partial charge < -0.3 is 0 Å². The smallest absolute Gasteiger partial charge is 0.265 e. The van der Waals surface area contributed by atoms with Gasteiger partial charge in [0.05, 0.1) is 17.4 Å². The molecule has 1 N–H and O–H groups in total. The van der Waals surface area contributed by atoms with E-state index in [2.05, 4.69) is 9.82 Å². The number of aromatic nitrogens is 2. The van der Waals surface area contributed by atoms with Crippen molar-refractivity contribution < 1.29 is 17.2 Å². The van der Waals surface area contributed by atoms with Crippen molar-refractivity contribution in [1.29, 1.82) is 0 Å². The van der Waals surface area contributed by atoms with Crippen LogP contribution in [0.4, 0.5) is 14.5 Å². The first-order valence-corrected chi connectivity index (χ1v) is 8.89. The number of halogens is 2. The van der Waals surface area contributed by atoms with Gasteiger partial charge in [-0.05, 0) is 31.9 Å². The van der Waals surface area contributed by atoms with Crippen LogP contribution in [0.5, 0.6) is 0 Å². The van der Waals surface area contributed by atoms with Crippen LogP contribution in [0.1, 0.15) is 37.4 Å². The number of rotatable bonds is 4. The highest BCUT2D eigenvalue weighted by Gasteiger charge is 2.24. The Morgan fingerprint density at radius 2 is 1.91 bits per heavy atom. The lowest BCUT2D eigenvalue weighted by atomic mass is 10.3. The summed E-state index contributed by atoms with van der Waals surface area (Å²) in [6, 6.07) is 3.08. The lowest BCUT2D eigenvalue weighted by Gasteiger charge is -2.09. The molecule has 1 aromatic carbocycles. The number of hydrogen-bond acceptors (Lipinski definition) is 3. The van der Waals surface area contributed by atoms with Gasteiger partial charge in [0.15, 0.2) is 11.6 Å². The van der Waals surface area contributed by atoms with Gasteiger partial charge in [-0.2, -0.15) is 5.10 Å². The number of benzene rings is 1. The number of aryl methyl sites for hydroxylation is 1. The van der Waals surface area contributed by atoms with Crippen LogP contribution < -0.4 is 4.72 Å². The van der Waals surface area contributed by atoms with Crippen LogP contribution >= 0.6 is 0 Å². The lowest BCUT2D eigenvalue weighted by Crippen LogP contribution is -2.13. The summed E-state index contributed by atoms with van der Waals surface area (Å²) in [4.78, 5) is 0.0501. The zero-order valence-electron chi connectivity index (χ0n) is 12.6. The van der Waals surface area contributed by atoms with E-state index in [1.165, 1.54) is 12.3 Å². The number of nitrogens with one attached hydrogen (secondary N) is 1. The lowest BCUT2D eigenvalue weighted by molar-refractivity contribution is 0.464. The van der Waals surface area contributed by atoms with E-state index in [9.17, 15) is 17.2 Å². The minimum atomic E-state index is -3.90. The second kappa shape index (κ2) is 5.92. The van der Waals surface area contributed by atoms with E-state index in [0.717, 1.165) is 37.8 Å². The molecule has 1 fully saturated rings. The van der Waals surface area contributed by atoms with Crippen molar-refractivity contribution in [3.8, 4) is 0 Å². The predicted molar refractivity (Wildman–Crippen MR) is 81.6 cm³/mol. The Labute approximate surface area is 133 Å². The van der Waals surface area contributed by atoms with Gasteiger partial charge in [0.1, 0.15) is 4.90 Å². The van der Waals surface area contributed by atoms with E-state index in [0.29, 0.717) is 5.69 Å². The first kappa shape index (κ1) is 15.9. The van der Waals surface area contributed by atoms with Crippen molar-refractivity contribution in [3.63, 3.8) is 0 Å². The molecule has 8 heteroatoms. The van der Waals surface area contributed by atoms with Crippen molar-refractivity contribution in [3.05, 3.63) is 41.7 Å². The van der Waals surface area contributed by atoms with Crippen molar-refractivity contribution in [2.75, 3.05) is 4.72 Å². The van der Waals surface area contributed by atoms with Gasteiger partial charge in [-0.1, -0.05) is 12.8 Å². The zero-order valence-corrected chi connectivity index (χ0v) is 13.4. The van der Waals surface area contributed by atoms with Gasteiger partial charge >= 0.3 is 0 Å². The highest BCUT2D eigenvalue weighted by Crippen LogP contribution is 2.30. The highest BCUT2D eigenvalue weighted by atomic mass is 32.2. The van der Waals surface area contributed by atoms with Crippen molar-refractivity contribution in [2.24, 2.45) is 0 Å². The molecule has 124 valence electrons. The Kier molecular flexibility index (Phi) is 4.09. The van der Waals surface area contributed by atoms with Crippen LogP contribution in [0.3, 0.4) is 0 Å². The summed E-state index contributed by atoms with van der Waals surface area (Å²) in [7, 11) is -3.90. The summed E-state index contributed by atoms with van der Waals surface area (Å²) >= 11 is 0. The second-order valence-corrected chi connectivity index (χ2v) is 7.38. The summed E-state index contributed by atoms with van der Waals surface area (Å²) in [5.41, 5.74) is 0.351. The third-order valence-electron chi connectivity index (χ3n) is 4.03. The first-order valence-electron chi connectivity index (χ1n) is 7.40. The molecule has 2 aromatic rings. The maximum atomic E-state index is 13.2. The fraction of sp³-hybridized carbons (Fsp3) is 0.400. The average Bonchev–Trinajstić information content (AvgIpc) is 3.11. The van der Waals surface area contributed by atoms with Crippen LogP contribution in [0.15, 0.2) is 29.3 Å². The SMILES string of the molecule is Cc1nn(C2CCCC2)cc1S(=O)(=O)Nc1ccc(F)c(F)c1. The molecule has 5 nitrogen and oxygen atoms in total. The first-order chi connectivity index (χ1) is 10.9. The molecule has 1 aliphatic rings. The Bertz CT molecular complexity index is 827. The van der Waals surface area contributed by atoms with Crippen molar-refractivity contribution in [2.45, 2.75) is 43.5 Å². The molecule has 0 amide bonds. The van der Waals surface area contributed by atoms with Crippen LogP contribution in [0, 0.1) is 18.6 Å². The number of sulfonamides is 1. The summed E-state index contributed by atoms with van der Waals surface area (Å²) in [6.45, 7) is 1.62. The molecule has 0 unspecified atom stereocenters. The van der Waals surface area contributed by atoms with Crippen LogP contribution in [-0.4, -0.2) is 18.2 Å².